The number of hydrogen-bond acceptors (Lipinski definition) is 2. The minimum Gasteiger partial charge on any atom is -0.334 e. The highest BCUT2D eigenvalue weighted by Gasteiger charge is 2.30. The van der Waals surface area contributed by atoms with Gasteiger partial charge in [-0.15, -0.1) is 0 Å². The summed E-state index contributed by atoms with van der Waals surface area (Å²) in [5, 5.41) is 6.40. The van der Waals surface area contributed by atoms with Crippen LogP contribution in [0.3, 0.4) is 0 Å². The van der Waals surface area contributed by atoms with Gasteiger partial charge in [-0.2, -0.15) is 0 Å². The van der Waals surface area contributed by atoms with Crippen molar-refractivity contribution in [1.82, 2.24) is 15.5 Å². The van der Waals surface area contributed by atoms with Crippen LogP contribution in [0.5, 0.6) is 0 Å². The Hall–Kier alpha value is -0.770. The molecule has 2 amide bonds. The fraction of sp³-hybridized carbons (Fsp3) is 0.923. The molecule has 1 unspecified atom stereocenters. The van der Waals surface area contributed by atoms with E-state index in [0.29, 0.717) is 0 Å². The summed E-state index contributed by atoms with van der Waals surface area (Å²) < 4.78 is 0. The number of carbonyl (C=O) groups is 1. The van der Waals surface area contributed by atoms with E-state index in [0.717, 1.165) is 26.2 Å². The number of hydrogen-bond donors (Lipinski definition) is 2. The van der Waals surface area contributed by atoms with Crippen LogP contribution in [-0.2, 0) is 0 Å². The van der Waals surface area contributed by atoms with E-state index >= 15 is 0 Å². The van der Waals surface area contributed by atoms with Crippen LogP contribution in [0.2, 0.25) is 0 Å². The molecule has 1 aliphatic rings. The van der Waals surface area contributed by atoms with E-state index in [2.05, 4.69) is 31.4 Å². The van der Waals surface area contributed by atoms with Crippen LogP contribution in [0.25, 0.3) is 0 Å². The van der Waals surface area contributed by atoms with Gasteiger partial charge in [0.05, 0.1) is 0 Å². The van der Waals surface area contributed by atoms with Gasteiger partial charge in [0, 0.05) is 25.7 Å². The molecule has 4 heteroatoms. The average Bonchev–Trinajstić information content (AvgIpc) is 2.52. The Labute approximate surface area is 105 Å². The van der Waals surface area contributed by atoms with Crippen molar-refractivity contribution >= 4 is 6.03 Å². The highest BCUT2D eigenvalue weighted by atomic mass is 16.2. The van der Waals surface area contributed by atoms with Crippen LogP contribution in [0.15, 0.2) is 0 Å². The molecule has 17 heavy (non-hydrogen) atoms. The standard InChI is InChI=1S/C13H27N3O/c1-5-6-7-14-9-13(3,4)10-16-8-11(2)15-12(16)17/h11,14H,5-10H2,1-4H3,(H,15,17). The van der Waals surface area contributed by atoms with Crippen LogP contribution in [0.1, 0.15) is 40.5 Å². The summed E-state index contributed by atoms with van der Waals surface area (Å²) >= 11 is 0. The van der Waals surface area contributed by atoms with Gasteiger partial charge in [-0.25, -0.2) is 4.79 Å². The van der Waals surface area contributed by atoms with Crippen LogP contribution in [0, 0.1) is 5.41 Å². The third-order valence-corrected chi connectivity index (χ3v) is 3.08. The summed E-state index contributed by atoms with van der Waals surface area (Å²) in [5.74, 6) is 0. The quantitative estimate of drug-likeness (QED) is 0.668. The number of amides is 2. The highest BCUT2D eigenvalue weighted by molar-refractivity contribution is 5.76. The number of rotatable bonds is 7. The van der Waals surface area contributed by atoms with E-state index in [9.17, 15) is 4.79 Å². The van der Waals surface area contributed by atoms with Gasteiger partial charge in [-0.3, -0.25) is 0 Å². The first-order chi connectivity index (χ1) is 7.94. The molecule has 0 aliphatic carbocycles. The molecule has 0 saturated carbocycles. The lowest BCUT2D eigenvalue weighted by atomic mass is 9.92. The summed E-state index contributed by atoms with van der Waals surface area (Å²) in [6.07, 6.45) is 2.44. The first-order valence-corrected chi connectivity index (χ1v) is 6.71. The molecule has 0 aromatic carbocycles. The number of nitrogens with zero attached hydrogens (tertiary/aromatic N) is 1. The van der Waals surface area contributed by atoms with Crippen molar-refractivity contribution in [3.63, 3.8) is 0 Å². The molecule has 1 atom stereocenters. The van der Waals surface area contributed by atoms with Gasteiger partial charge in [-0.1, -0.05) is 27.2 Å². The third kappa shape index (κ3) is 4.94. The molecule has 1 rings (SSSR count). The Balaban J connectivity index is 2.30. The van der Waals surface area contributed by atoms with E-state index in [4.69, 9.17) is 0 Å². The Bertz CT molecular complexity index is 253. The van der Waals surface area contributed by atoms with Crippen molar-refractivity contribution in [2.24, 2.45) is 5.41 Å². The fourth-order valence-electron chi connectivity index (χ4n) is 2.20. The van der Waals surface area contributed by atoms with Crippen LogP contribution in [0.4, 0.5) is 4.79 Å². The summed E-state index contributed by atoms with van der Waals surface area (Å²) in [6.45, 7) is 12.4. The second kappa shape index (κ2) is 6.24. The van der Waals surface area contributed by atoms with Crippen molar-refractivity contribution in [3.05, 3.63) is 0 Å². The second-order valence-corrected chi connectivity index (χ2v) is 5.93. The molecular formula is C13H27N3O. The molecule has 1 aliphatic heterocycles. The van der Waals surface area contributed by atoms with Crippen molar-refractivity contribution in [2.75, 3.05) is 26.2 Å². The van der Waals surface area contributed by atoms with Gasteiger partial charge in [0.1, 0.15) is 0 Å². The summed E-state index contributed by atoms with van der Waals surface area (Å²) in [6, 6.07) is 0.366. The monoisotopic (exact) mass is 241 g/mol. The Morgan fingerprint density at radius 2 is 2.24 bits per heavy atom. The average molecular weight is 241 g/mol. The molecule has 2 N–H and O–H groups in total. The summed E-state index contributed by atoms with van der Waals surface area (Å²) in [7, 11) is 0. The zero-order valence-electron chi connectivity index (χ0n) is 11.7. The molecule has 0 spiro atoms. The largest absolute Gasteiger partial charge is 0.334 e. The second-order valence-electron chi connectivity index (χ2n) is 5.93. The maximum absolute atomic E-state index is 11.6. The number of unbranched alkanes of at least 4 members (excludes halogenated alkanes) is 1. The van der Waals surface area contributed by atoms with E-state index in [-0.39, 0.29) is 17.5 Å². The van der Waals surface area contributed by atoms with Crippen molar-refractivity contribution in [1.29, 1.82) is 0 Å². The number of nitrogens with one attached hydrogen (secondary N) is 2. The summed E-state index contributed by atoms with van der Waals surface area (Å²) in [4.78, 5) is 13.6. The lowest BCUT2D eigenvalue weighted by Crippen LogP contribution is -2.42. The molecule has 1 saturated heterocycles. The molecule has 0 bridgehead atoms. The maximum Gasteiger partial charge on any atom is 0.317 e. The van der Waals surface area contributed by atoms with Gasteiger partial charge in [0.2, 0.25) is 0 Å². The first kappa shape index (κ1) is 14.3. The molecule has 4 nitrogen and oxygen atoms in total. The van der Waals surface area contributed by atoms with E-state index in [1.54, 1.807) is 0 Å². The van der Waals surface area contributed by atoms with Gasteiger partial charge < -0.3 is 15.5 Å². The number of carbonyl (C=O) groups excluding carboxylic acids is 1. The summed E-state index contributed by atoms with van der Waals surface area (Å²) in [5.41, 5.74) is 0.134. The first-order valence-electron chi connectivity index (χ1n) is 6.71. The van der Waals surface area contributed by atoms with Gasteiger partial charge in [0.15, 0.2) is 0 Å². The van der Waals surface area contributed by atoms with Crippen molar-refractivity contribution in [3.8, 4) is 0 Å². The molecule has 1 fully saturated rings. The Morgan fingerprint density at radius 3 is 2.76 bits per heavy atom. The van der Waals surface area contributed by atoms with Crippen molar-refractivity contribution in [2.45, 2.75) is 46.6 Å². The molecule has 1 heterocycles. The minimum atomic E-state index is 0.0825. The van der Waals surface area contributed by atoms with Crippen LogP contribution in [-0.4, -0.2) is 43.2 Å². The lowest BCUT2D eigenvalue weighted by molar-refractivity contribution is 0.186. The van der Waals surface area contributed by atoms with E-state index in [1.807, 2.05) is 11.8 Å². The molecule has 0 aromatic rings. The molecule has 0 aromatic heterocycles. The maximum atomic E-state index is 11.6. The van der Waals surface area contributed by atoms with Gasteiger partial charge >= 0.3 is 6.03 Å². The van der Waals surface area contributed by atoms with Crippen LogP contribution >= 0.6 is 0 Å². The molecule has 0 radical (unpaired) electrons. The smallest absolute Gasteiger partial charge is 0.317 e. The highest BCUT2D eigenvalue weighted by Crippen LogP contribution is 2.18. The number of urea groups is 1. The van der Waals surface area contributed by atoms with Gasteiger partial charge in [-0.05, 0) is 25.3 Å². The van der Waals surface area contributed by atoms with Gasteiger partial charge in [0.25, 0.3) is 0 Å². The predicted octanol–water partition coefficient (Wildman–Crippen LogP) is 1.82. The third-order valence-electron chi connectivity index (χ3n) is 3.08. The van der Waals surface area contributed by atoms with E-state index < -0.39 is 0 Å². The topological polar surface area (TPSA) is 44.4 Å². The minimum absolute atomic E-state index is 0.0825. The lowest BCUT2D eigenvalue weighted by Gasteiger charge is -2.30. The zero-order valence-corrected chi connectivity index (χ0v) is 11.7. The Kier molecular flexibility index (Phi) is 5.25. The zero-order chi connectivity index (χ0) is 12.9. The SMILES string of the molecule is CCCCNCC(C)(C)CN1CC(C)NC1=O. The fourth-order valence-corrected chi connectivity index (χ4v) is 2.20. The van der Waals surface area contributed by atoms with Crippen LogP contribution < -0.4 is 10.6 Å². The molecule has 100 valence electrons. The van der Waals surface area contributed by atoms with E-state index in [1.165, 1.54) is 12.8 Å². The van der Waals surface area contributed by atoms with Crippen molar-refractivity contribution < 1.29 is 4.79 Å². The Morgan fingerprint density at radius 1 is 1.53 bits per heavy atom. The normalized spacial score (nSPS) is 20.8. The predicted molar refractivity (Wildman–Crippen MR) is 71.1 cm³/mol. The molecular weight excluding hydrogens is 214 g/mol.